The topological polar surface area (TPSA) is 12.0 Å². The van der Waals surface area contributed by atoms with Crippen molar-refractivity contribution in [3.63, 3.8) is 0 Å². The van der Waals surface area contributed by atoms with Crippen molar-refractivity contribution < 1.29 is 0 Å². The van der Waals surface area contributed by atoms with Gasteiger partial charge < -0.3 is 5.32 Å². The molecule has 1 nitrogen and oxygen atoms in total. The summed E-state index contributed by atoms with van der Waals surface area (Å²) in [6, 6.07) is 2.28. The summed E-state index contributed by atoms with van der Waals surface area (Å²) < 4.78 is 0. The predicted octanol–water partition coefficient (Wildman–Crippen LogP) is 4.10. The summed E-state index contributed by atoms with van der Waals surface area (Å²) in [6.07, 6.45) is 6.94. The number of rotatable bonds is 7. The van der Waals surface area contributed by atoms with E-state index in [1.165, 1.54) is 50.8 Å². The van der Waals surface area contributed by atoms with Crippen LogP contribution in [0, 0.1) is 11.3 Å². The molecule has 0 spiro atoms. The number of hydrogen-bond donors (Lipinski definition) is 1. The average molecular weight is 251 g/mol. The van der Waals surface area contributed by atoms with E-state index in [0.29, 0.717) is 5.41 Å². The lowest BCUT2D eigenvalue weighted by molar-refractivity contribution is 0.116. The smallest absolute Gasteiger partial charge is 0.000803 e. The average Bonchev–Trinajstić information content (AvgIpc) is 2.73. The van der Waals surface area contributed by atoms with Crippen LogP contribution < -0.4 is 5.32 Å². The van der Waals surface area contributed by atoms with Crippen LogP contribution in [0.2, 0.25) is 0 Å². The van der Waals surface area contributed by atoms with Crippen molar-refractivity contribution in [2.24, 2.45) is 11.3 Å². The van der Waals surface area contributed by atoms with Crippen LogP contribution >= 0.6 is 11.3 Å². The molecule has 1 fully saturated rings. The predicted molar refractivity (Wildman–Crippen MR) is 76.6 cm³/mol. The van der Waals surface area contributed by atoms with Crippen LogP contribution in [0.1, 0.15) is 45.1 Å². The summed E-state index contributed by atoms with van der Waals surface area (Å²) in [6.45, 7) is 6.97. The molecule has 0 bridgehead atoms. The van der Waals surface area contributed by atoms with Gasteiger partial charge in [-0.05, 0) is 66.0 Å². The fraction of sp³-hybridized carbons (Fsp3) is 0.733. The maximum atomic E-state index is 3.66. The SMILES string of the molecule is CC(C)CNCC1(CCc2ccsc2)CCC1. The standard InChI is InChI=1S/C15H25NS/c1-13(2)10-16-12-15(6-3-7-15)8-4-14-5-9-17-11-14/h5,9,11,13,16H,3-4,6-8,10,12H2,1-2H3. The Morgan fingerprint density at radius 2 is 2.24 bits per heavy atom. The van der Waals surface area contributed by atoms with Crippen molar-refractivity contribution in [1.29, 1.82) is 0 Å². The van der Waals surface area contributed by atoms with Crippen molar-refractivity contribution in [1.82, 2.24) is 5.32 Å². The van der Waals surface area contributed by atoms with Crippen LogP contribution in [-0.4, -0.2) is 13.1 Å². The number of thiophene rings is 1. The first-order valence-corrected chi connectivity index (χ1v) is 7.86. The minimum Gasteiger partial charge on any atom is -0.316 e. The molecular weight excluding hydrogens is 226 g/mol. The van der Waals surface area contributed by atoms with Crippen LogP contribution in [0.3, 0.4) is 0 Å². The highest BCUT2D eigenvalue weighted by molar-refractivity contribution is 7.07. The molecule has 0 saturated heterocycles. The third-order valence-electron chi connectivity index (χ3n) is 3.99. The Kier molecular flexibility index (Phi) is 4.63. The first-order valence-electron chi connectivity index (χ1n) is 6.92. The molecule has 0 amide bonds. The molecule has 1 N–H and O–H groups in total. The zero-order valence-electron chi connectivity index (χ0n) is 11.2. The van der Waals surface area contributed by atoms with E-state index in [2.05, 4.69) is 36.0 Å². The lowest BCUT2D eigenvalue weighted by atomic mass is 9.65. The summed E-state index contributed by atoms with van der Waals surface area (Å²) >= 11 is 1.82. The van der Waals surface area contributed by atoms with Gasteiger partial charge in [-0.25, -0.2) is 0 Å². The Balaban J connectivity index is 1.74. The van der Waals surface area contributed by atoms with Crippen LogP contribution in [-0.2, 0) is 6.42 Å². The third-order valence-corrected chi connectivity index (χ3v) is 4.72. The second-order valence-corrected chi connectivity index (χ2v) is 6.79. The highest BCUT2D eigenvalue weighted by Crippen LogP contribution is 2.44. The highest BCUT2D eigenvalue weighted by Gasteiger charge is 2.35. The van der Waals surface area contributed by atoms with Crippen molar-refractivity contribution in [3.05, 3.63) is 22.4 Å². The zero-order valence-corrected chi connectivity index (χ0v) is 12.0. The van der Waals surface area contributed by atoms with Crippen LogP contribution in [0.15, 0.2) is 16.8 Å². The van der Waals surface area contributed by atoms with Gasteiger partial charge >= 0.3 is 0 Å². The highest BCUT2D eigenvalue weighted by atomic mass is 32.1. The van der Waals surface area contributed by atoms with Gasteiger partial charge in [-0.15, -0.1) is 0 Å². The maximum Gasteiger partial charge on any atom is 0.000803 e. The summed E-state index contributed by atoms with van der Waals surface area (Å²) in [4.78, 5) is 0. The molecule has 0 unspecified atom stereocenters. The molecule has 17 heavy (non-hydrogen) atoms. The maximum absolute atomic E-state index is 3.66. The van der Waals surface area contributed by atoms with Gasteiger partial charge in [0.05, 0.1) is 0 Å². The Bertz CT molecular complexity index is 312. The normalized spacial score (nSPS) is 18.3. The van der Waals surface area contributed by atoms with Crippen LogP contribution in [0.5, 0.6) is 0 Å². The second-order valence-electron chi connectivity index (χ2n) is 6.01. The molecule has 2 heteroatoms. The molecule has 0 radical (unpaired) electrons. The van der Waals surface area contributed by atoms with E-state index < -0.39 is 0 Å². The third kappa shape index (κ3) is 3.82. The minimum atomic E-state index is 0.622. The molecule has 1 aromatic heterocycles. The van der Waals surface area contributed by atoms with Crippen molar-refractivity contribution in [3.8, 4) is 0 Å². The zero-order chi connectivity index (χ0) is 12.1. The molecule has 1 aromatic rings. The van der Waals surface area contributed by atoms with Crippen LogP contribution in [0.4, 0.5) is 0 Å². The number of hydrogen-bond acceptors (Lipinski definition) is 2. The Hall–Kier alpha value is -0.340. The molecule has 1 heterocycles. The molecule has 0 atom stereocenters. The van der Waals surface area contributed by atoms with E-state index in [9.17, 15) is 0 Å². The number of aryl methyl sites for hydroxylation is 1. The van der Waals surface area contributed by atoms with Gasteiger partial charge in [-0.1, -0.05) is 20.3 Å². The molecule has 0 aliphatic heterocycles. The summed E-state index contributed by atoms with van der Waals surface area (Å²) in [7, 11) is 0. The fourth-order valence-corrected chi connectivity index (χ4v) is 3.37. The summed E-state index contributed by atoms with van der Waals surface area (Å²) in [5, 5.41) is 8.15. The van der Waals surface area contributed by atoms with E-state index in [0.717, 1.165) is 5.92 Å². The Morgan fingerprint density at radius 3 is 2.76 bits per heavy atom. The van der Waals surface area contributed by atoms with E-state index >= 15 is 0 Å². The first-order chi connectivity index (χ1) is 8.20. The quantitative estimate of drug-likeness (QED) is 0.769. The van der Waals surface area contributed by atoms with Gasteiger partial charge in [-0.2, -0.15) is 11.3 Å². The summed E-state index contributed by atoms with van der Waals surface area (Å²) in [5.74, 6) is 0.768. The fourth-order valence-electron chi connectivity index (χ4n) is 2.66. The molecule has 96 valence electrons. The lowest BCUT2D eigenvalue weighted by Crippen LogP contribution is -2.41. The number of nitrogens with one attached hydrogen (secondary N) is 1. The first kappa shape index (κ1) is 13.1. The van der Waals surface area contributed by atoms with Gasteiger partial charge in [0.15, 0.2) is 0 Å². The molecule has 1 aliphatic rings. The van der Waals surface area contributed by atoms with Gasteiger partial charge in [0.2, 0.25) is 0 Å². The van der Waals surface area contributed by atoms with E-state index in [1.807, 2.05) is 11.3 Å². The van der Waals surface area contributed by atoms with E-state index in [-0.39, 0.29) is 0 Å². The second kappa shape index (κ2) is 6.01. The monoisotopic (exact) mass is 251 g/mol. The molecular formula is C15H25NS. The largest absolute Gasteiger partial charge is 0.316 e. The van der Waals surface area contributed by atoms with Crippen molar-refractivity contribution >= 4 is 11.3 Å². The molecule has 1 saturated carbocycles. The lowest BCUT2D eigenvalue weighted by Gasteiger charge is -2.42. The summed E-state index contributed by atoms with van der Waals surface area (Å²) in [5.41, 5.74) is 2.15. The Morgan fingerprint density at radius 1 is 1.41 bits per heavy atom. The van der Waals surface area contributed by atoms with Crippen molar-refractivity contribution in [2.45, 2.75) is 46.0 Å². The molecule has 1 aliphatic carbocycles. The van der Waals surface area contributed by atoms with Crippen molar-refractivity contribution in [2.75, 3.05) is 13.1 Å². The Labute approximate surface area is 110 Å². The molecule has 0 aromatic carbocycles. The van der Waals surface area contributed by atoms with E-state index in [1.54, 1.807) is 0 Å². The van der Waals surface area contributed by atoms with Gasteiger partial charge in [0, 0.05) is 6.54 Å². The minimum absolute atomic E-state index is 0.622. The van der Waals surface area contributed by atoms with Gasteiger partial charge in [0.1, 0.15) is 0 Å². The van der Waals surface area contributed by atoms with Crippen LogP contribution in [0.25, 0.3) is 0 Å². The van der Waals surface area contributed by atoms with Gasteiger partial charge in [0.25, 0.3) is 0 Å². The van der Waals surface area contributed by atoms with Gasteiger partial charge in [-0.3, -0.25) is 0 Å². The molecule has 2 rings (SSSR count). The van der Waals surface area contributed by atoms with E-state index in [4.69, 9.17) is 0 Å².